The van der Waals surface area contributed by atoms with Gasteiger partial charge in [-0.15, -0.1) is 0 Å². The lowest BCUT2D eigenvalue weighted by Crippen LogP contribution is -2.47. The van der Waals surface area contributed by atoms with Crippen LogP contribution in [0.1, 0.15) is 25.7 Å². The molecule has 5 rings (SSSR count). The van der Waals surface area contributed by atoms with E-state index in [1.54, 1.807) is 0 Å². The third kappa shape index (κ3) is 2.10. The van der Waals surface area contributed by atoms with Gasteiger partial charge in [0.25, 0.3) is 0 Å². The van der Waals surface area contributed by atoms with E-state index in [1.807, 2.05) is 23.4 Å². The summed E-state index contributed by atoms with van der Waals surface area (Å²) in [6.07, 6.45) is 9.37. The number of aromatic amines is 1. The smallest absolute Gasteiger partial charge is 0.243 e. The zero-order valence-corrected chi connectivity index (χ0v) is 13.9. The molecule has 0 unspecified atom stereocenters. The zero-order chi connectivity index (χ0) is 17.0. The summed E-state index contributed by atoms with van der Waals surface area (Å²) in [7, 11) is 0. The molecular formula is C18H20N6O. The van der Waals surface area contributed by atoms with E-state index in [9.17, 15) is 10.1 Å². The number of nitriles is 1. The van der Waals surface area contributed by atoms with Crippen molar-refractivity contribution in [3.05, 3.63) is 24.2 Å². The predicted molar refractivity (Wildman–Crippen MR) is 93.0 cm³/mol. The number of aliphatic imine (C=N–C) groups is 1. The van der Waals surface area contributed by atoms with Gasteiger partial charge in [-0.1, -0.05) is 0 Å². The molecule has 7 heteroatoms. The van der Waals surface area contributed by atoms with Crippen molar-refractivity contribution in [2.24, 2.45) is 16.3 Å². The van der Waals surface area contributed by atoms with Crippen LogP contribution in [0, 0.1) is 22.7 Å². The minimum atomic E-state index is -0.724. The van der Waals surface area contributed by atoms with Gasteiger partial charge in [0, 0.05) is 43.3 Å². The number of nitrogens with one attached hydrogen (secondary N) is 2. The SMILES string of the molecule is N#CC1(C(=O)N2CCC[C@@H](C3=CN[C@@H]4C=Nc5[nH]ccc5N34)C2)CC1. The Labute approximate surface area is 146 Å². The van der Waals surface area contributed by atoms with Crippen LogP contribution in [0.5, 0.6) is 0 Å². The molecule has 2 atom stereocenters. The molecule has 0 spiro atoms. The van der Waals surface area contributed by atoms with E-state index in [2.05, 4.69) is 32.5 Å². The summed E-state index contributed by atoms with van der Waals surface area (Å²) < 4.78 is 0. The number of hydrogen-bond donors (Lipinski definition) is 2. The molecule has 1 saturated heterocycles. The van der Waals surface area contributed by atoms with Gasteiger partial charge < -0.3 is 20.1 Å². The van der Waals surface area contributed by atoms with Gasteiger partial charge in [-0.25, -0.2) is 4.99 Å². The quantitative estimate of drug-likeness (QED) is 0.863. The first-order chi connectivity index (χ1) is 12.2. The lowest BCUT2D eigenvalue weighted by Gasteiger charge is -2.38. The Morgan fingerprint density at radius 1 is 1.44 bits per heavy atom. The van der Waals surface area contributed by atoms with E-state index in [1.165, 1.54) is 5.70 Å². The Morgan fingerprint density at radius 2 is 2.32 bits per heavy atom. The predicted octanol–water partition coefficient (Wildman–Crippen LogP) is 1.85. The first kappa shape index (κ1) is 14.6. The molecule has 25 heavy (non-hydrogen) atoms. The number of nitrogens with zero attached hydrogens (tertiary/aromatic N) is 4. The molecule has 2 N–H and O–H groups in total. The fraction of sp³-hybridized carbons (Fsp3) is 0.500. The average Bonchev–Trinajstić information content (AvgIpc) is 3.10. The molecule has 4 aliphatic rings. The lowest BCUT2D eigenvalue weighted by molar-refractivity contribution is -0.136. The Hall–Kier alpha value is -2.75. The standard InChI is InChI=1S/C18H20N6O/c19-11-18(4-5-18)17(25)23-7-1-2-12(10-23)14-8-21-15-9-22-16-13(24(14)15)3-6-20-16/h3,6,8-9,12,15,20-21H,1-2,4-5,7,10H2/t12-,15+/m1/s1. The molecule has 128 valence electrons. The third-order valence-corrected chi connectivity index (χ3v) is 5.77. The number of H-pyrrole nitrogens is 1. The van der Waals surface area contributed by atoms with E-state index in [0.29, 0.717) is 19.4 Å². The maximum atomic E-state index is 12.7. The lowest BCUT2D eigenvalue weighted by atomic mass is 9.92. The highest BCUT2D eigenvalue weighted by Gasteiger charge is 2.53. The molecule has 4 heterocycles. The van der Waals surface area contributed by atoms with Crippen LogP contribution in [0.4, 0.5) is 11.5 Å². The van der Waals surface area contributed by atoms with Crippen molar-refractivity contribution in [2.45, 2.75) is 31.8 Å². The molecule has 1 saturated carbocycles. The normalized spacial score (nSPS) is 28.5. The van der Waals surface area contributed by atoms with Crippen LogP contribution >= 0.6 is 0 Å². The number of aromatic nitrogens is 1. The molecule has 2 fully saturated rings. The van der Waals surface area contributed by atoms with E-state index >= 15 is 0 Å². The molecule has 1 aromatic heterocycles. The molecule has 0 aromatic carbocycles. The summed E-state index contributed by atoms with van der Waals surface area (Å²) in [5, 5.41) is 12.7. The van der Waals surface area contributed by atoms with E-state index in [-0.39, 0.29) is 18.0 Å². The molecule has 1 amide bonds. The highest BCUT2D eigenvalue weighted by Crippen LogP contribution is 2.47. The van der Waals surface area contributed by atoms with Gasteiger partial charge in [0.05, 0.1) is 11.8 Å². The van der Waals surface area contributed by atoms with Crippen molar-refractivity contribution >= 4 is 23.6 Å². The third-order valence-electron chi connectivity index (χ3n) is 5.77. The number of carbonyl (C=O) groups is 1. The highest BCUT2D eigenvalue weighted by atomic mass is 16.2. The fourth-order valence-electron chi connectivity index (χ4n) is 4.19. The van der Waals surface area contributed by atoms with E-state index in [0.717, 1.165) is 30.9 Å². The Morgan fingerprint density at radius 3 is 3.12 bits per heavy atom. The first-order valence-electron chi connectivity index (χ1n) is 8.89. The number of hydrogen-bond acceptors (Lipinski definition) is 5. The monoisotopic (exact) mass is 336 g/mol. The number of piperidine rings is 1. The maximum absolute atomic E-state index is 12.7. The molecular weight excluding hydrogens is 316 g/mol. The van der Waals surface area contributed by atoms with E-state index in [4.69, 9.17) is 0 Å². The molecule has 7 nitrogen and oxygen atoms in total. The van der Waals surface area contributed by atoms with Crippen LogP contribution in [0.3, 0.4) is 0 Å². The number of likely N-dealkylation sites (tertiary alicyclic amines) is 1. The van der Waals surface area contributed by atoms with Gasteiger partial charge in [0.2, 0.25) is 5.91 Å². The summed E-state index contributed by atoms with van der Waals surface area (Å²) in [5.74, 6) is 1.18. The van der Waals surface area contributed by atoms with Crippen molar-refractivity contribution in [1.82, 2.24) is 15.2 Å². The first-order valence-corrected chi connectivity index (χ1v) is 8.89. The fourth-order valence-corrected chi connectivity index (χ4v) is 4.19. The highest BCUT2D eigenvalue weighted by molar-refractivity contribution is 5.88. The summed E-state index contributed by atoms with van der Waals surface area (Å²) in [4.78, 5) is 24.5. The second kappa shape index (κ2) is 5.12. The summed E-state index contributed by atoms with van der Waals surface area (Å²) >= 11 is 0. The number of anilines is 1. The molecule has 0 bridgehead atoms. The van der Waals surface area contributed by atoms with Crippen LogP contribution in [0.15, 0.2) is 29.2 Å². The van der Waals surface area contributed by atoms with Crippen molar-refractivity contribution < 1.29 is 4.79 Å². The molecule has 1 aromatic rings. The van der Waals surface area contributed by atoms with Crippen LogP contribution in [-0.2, 0) is 4.79 Å². The maximum Gasteiger partial charge on any atom is 0.243 e. The van der Waals surface area contributed by atoms with Crippen molar-refractivity contribution in [3.8, 4) is 6.07 Å². The number of amides is 1. The van der Waals surface area contributed by atoms with Crippen LogP contribution in [0.25, 0.3) is 0 Å². The van der Waals surface area contributed by atoms with Gasteiger partial charge in [-0.2, -0.15) is 5.26 Å². The average molecular weight is 336 g/mol. The second-order valence-electron chi connectivity index (χ2n) is 7.32. The Balaban J connectivity index is 1.38. The number of carbonyl (C=O) groups excluding carboxylic acids is 1. The van der Waals surface area contributed by atoms with E-state index < -0.39 is 5.41 Å². The summed E-state index contributed by atoms with van der Waals surface area (Å²) in [5.41, 5.74) is 1.55. The number of fused-ring (bicyclic) bond motifs is 3. The van der Waals surface area contributed by atoms with Crippen LogP contribution in [-0.4, -0.2) is 41.3 Å². The topological polar surface area (TPSA) is 87.5 Å². The Bertz CT molecular complexity index is 827. The van der Waals surface area contributed by atoms with Crippen molar-refractivity contribution in [2.75, 3.05) is 18.0 Å². The molecule has 1 aliphatic carbocycles. The van der Waals surface area contributed by atoms with Crippen molar-refractivity contribution in [1.29, 1.82) is 5.26 Å². The zero-order valence-electron chi connectivity index (χ0n) is 13.9. The van der Waals surface area contributed by atoms with Gasteiger partial charge >= 0.3 is 0 Å². The van der Waals surface area contributed by atoms with Crippen molar-refractivity contribution in [3.63, 3.8) is 0 Å². The largest absolute Gasteiger partial charge is 0.365 e. The van der Waals surface area contributed by atoms with Gasteiger partial charge in [0.1, 0.15) is 11.6 Å². The van der Waals surface area contributed by atoms with Crippen LogP contribution in [0.2, 0.25) is 0 Å². The van der Waals surface area contributed by atoms with Gasteiger partial charge in [0.15, 0.2) is 5.82 Å². The Kier molecular flexibility index (Phi) is 2.99. The second-order valence-corrected chi connectivity index (χ2v) is 7.32. The van der Waals surface area contributed by atoms with Gasteiger partial charge in [-0.05, 0) is 31.7 Å². The molecule has 3 aliphatic heterocycles. The van der Waals surface area contributed by atoms with Crippen LogP contribution < -0.4 is 10.2 Å². The van der Waals surface area contributed by atoms with Gasteiger partial charge in [-0.3, -0.25) is 4.79 Å². The number of rotatable bonds is 2. The summed E-state index contributed by atoms with van der Waals surface area (Å²) in [6, 6.07) is 4.28. The minimum Gasteiger partial charge on any atom is -0.365 e. The summed E-state index contributed by atoms with van der Waals surface area (Å²) in [6.45, 7) is 1.45. The molecule has 0 radical (unpaired) electrons. The minimum absolute atomic E-state index is 0.0327.